The van der Waals surface area contributed by atoms with Crippen LogP contribution >= 0.6 is 11.6 Å². The normalized spacial score (nSPS) is 23.6. The molecule has 0 saturated heterocycles. The maximum absolute atomic E-state index is 11.8. The van der Waals surface area contributed by atoms with Crippen LogP contribution in [-0.2, 0) is 0 Å². The minimum atomic E-state index is -0.328. The number of hydrogen-bond acceptors (Lipinski definition) is 2. The molecule has 98 valence electrons. The van der Waals surface area contributed by atoms with Crippen LogP contribution in [0.4, 0.5) is 0 Å². The van der Waals surface area contributed by atoms with Gasteiger partial charge in [-0.25, -0.2) is 0 Å². The summed E-state index contributed by atoms with van der Waals surface area (Å²) in [6.07, 6.45) is 7.31. The fourth-order valence-electron chi connectivity index (χ4n) is 2.30. The lowest BCUT2D eigenvalue weighted by Crippen LogP contribution is -2.36. The molecule has 2 rings (SSSR count). The number of carbonyl (C=O) groups is 1. The van der Waals surface area contributed by atoms with E-state index in [2.05, 4.69) is 10.3 Å². The molecule has 18 heavy (non-hydrogen) atoms. The van der Waals surface area contributed by atoms with Crippen molar-refractivity contribution in [1.29, 1.82) is 0 Å². The first kappa shape index (κ1) is 13.1. The van der Waals surface area contributed by atoms with Gasteiger partial charge in [0, 0.05) is 30.4 Å². The van der Waals surface area contributed by atoms with Crippen LogP contribution in [-0.4, -0.2) is 22.8 Å². The molecule has 2 N–H and O–H groups in total. The molecule has 1 aromatic heterocycles. The highest BCUT2D eigenvalue weighted by Gasteiger charge is 2.23. The largest absolute Gasteiger partial charge is 0.367 e. The Balaban J connectivity index is 1.92. The van der Waals surface area contributed by atoms with Gasteiger partial charge in [0.2, 0.25) is 0 Å². The van der Waals surface area contributed by atoms with E-state index in [1.54, 1.807) is 0 Å². The van der Waals surface area contributed by atoms with Crippen molar-refractivity contribution in [2.75, 3.05) is 6.54 Å². The molecule has 0 spiro atoms. The molecular formula is C13H17ClN2O2. The van der Waals surface area contributed by atoms with Crippen molar-refractivity contribution < 1.29 is 4.79 Å². The molecule has 1 fully saturated rings. The maximum atomic E-state index is 11.8. The Morgan fingerprint density at radius 2 is 2.22 bits per heavy atom. The molecule has 0 radical (unpaired) electrons. The molecule has 1 aliphatic carbocycles. The summed E-state index contributed by atoms with van der Waals surface area (Å²) >= 11 is 6.22. The number of carbonyl (C=O) groups excluding carboxylic acids is 1. The van der Waals surface area contributed by atoms with Crippen LogP contribution in [0.25, 0.3) is 0 Å². The highest BCUT2D eigenvalue weighted by Crippen LogP contribution is 2.27. The van der Waals surface area contributed by atoms with Crippen molar-refractivity contribution in [1.82, 2.24) is 10.3 Å². The van der Waals surface area contributed by atoms with Crippen molar-refractivity contribution in [2.24, 2.45) is 5.92 Å². The van der Waals surface area contributed by atoms with Crippen molar-refractivity contribution >= 4 is 17.5 Å². The second kappa shape index (κ2) is 6.05. The van der Waals surface area contributed by atoms with Gasteiger partial charge in [-0.15, -0.1) is 11.6 Å². The van der Waals surface area contributed by atoms with E-state index in [4.69, 9.17) is 11.6 Å². The Labute approximate surface area is 111 Å². The number of hydrogen-bond donors (Lipinski definition) is 2. The monoisotopic (exact) mass is 268 g/mol. The summed E-state index contributed by atoms with van der Waals surface area (Å²) in [6.45, 7) is 0.543. The van der Waals surface area contributed by atoms with E-state index in [-0.39, 0.29) is 22.3 Å². The predicted molar refractivity (Wildman–Crippen MR) is 71.0 cm³/mol. The van der Waals surface area contributed by atoms with E-state index >= 15 is 0 Å². The van der Waals surface area contributed by atoms with Crippen LogP contribution in [0.2, 0.25) is 0 Å². The third-order valence-corrected chi connectivity index (χ3v) is 3.98. The maximum Gasteiger partial charge on any atom is 0.256 e. The average molecular weight is 269 g/mol. The van der Waals surface area contributed by atoms with Gasteiger partial charge >= 0.3 is 0 Å². The summed E-state index contributed by atoms with van der Waals surface area (Å²) in [7, 11) is 0. The number of nitrogens with one attached hydrogen (secondary N) is 2. The van der Waals surface area contributed by atoms with E-state index in [0.717, 1.165) is 25.7 Å². The predicted octanol–water partition coefficient (Wildman–Crippen LogP) is 1.90. The van der Waals surface area contributed by atoms with Crippen molar-refractivity contribution in [3.63, 3.8) is 0 Å². The summed E-state index contributed by atoms with van der Waals surface area (Å²) < 4.78 is 0. The van der Waals surface area contributed by atoms with Gasteiger partial charge in [0.15, 0.2) is 5.43 Å². The van der Waals surface area contributed by atoms with E-state index in [1.165, 1.54) is 18.5 Å². The van der Waals surface area contributed by atoms with Crippen molar-refractivity contribution in [3.8, 4) is 0 Å². The molecular weight excluding hydrogens is 252 g/mol. The Bertz CT molecular complexity index is 472. The van der Waals surface area contributed by atoms with Gasteiger partial charge < -0.3 is 10.3 Å². The topological polar surface area (TPSA) is 62.0 Å². The summed E-state index contributed by atoms with van der Waals surface area (Å²) in [5.41, 5.74) is -0.114. The molecule has 5 heteroatoms. The molecule has 1 saturated carbocycles. The summed E-state index contributed by atoms with van der Waals surface area (Å²) in [5, 5.41) is 2.93. The van der Waals surface area contributed by atoms with Gasteiger partial charge in [0.25, 0.3) is 5.91 Å². The van der Waals surface area contributed by atoms with Gasteiger partial charge in [-0.2, -0.15) is 0 Å². The molecule has 1 aromatic rings. The van der Waals surface area contributed by atoms with Gasteiger partial charge in [0.1, 0.15) is 5.56 Å². The molecule has 0 bridgehead atoms. The van der Waals surface area contributed by atoms with Gasteiger partial charge in [-0.3, -0.25) is 9.59 Å². The first-order valence-corrected chi connectivity index (χ1v) is 6.71. The lowest BCUT2D eigenvalue weighted by molar-refractivity contribution is 0.0942. The Morgan fingerprint density at radius 1 is 1.44 bits per heavy atom. The Hall–Kier alpha value is -1.29. The number of H-pyrrole nitrogens is 1. The molecule has 2 atom stereocenters. The second-order valence-electron chi connectivity index (χ2n) is 4.69. The summed E-state index contributed by atoms with van der Waals surface area (Å²) in [4.78, 5) is 26.1. The number of alkyl halides is 1. The minimum absolute atomic E-state index is 0.133. The van der Waals surface area contributed by atoms with Crippen molar-refractivity contribution in [2.45, 2.75) is 31.1 Å². The number of aromatic amines is 1. The number of pyridine rings is 1. The van der Waals surface area contributed by atoms with Crippen LogP contribution in [0.15, 0.2) is 23.3 Å². The lowest BCUT2D eigenvalue weighted by Gasteiger charge is -2.26. The minimum Gasteiger partial charge on any atom is -0.367 e. The third kappa shape index (κ3) is 3.13. The Morgan fingerprint density at radius 3 is 2.94 bits per heavy atom. The van der Waals surface area contributed by atoms with Gasteiger partial charge in [-0.1, -0.05) is 12.8 Å². The van der Waals surface area contributed by atoms with Gasteiger partial charge in [0.05, 0.1) is 0 Å². The van der Waals surface area contributed by atoms with E-state index in [9.17, 15) is 9.59 Å². The number of aromatic nitrogens is 1. The highest BCUT2D eigenvalue weighted by molar-refractivity contribution is 6.20. The summed E-state index contributed by atoms with van der Waals surface area (Å²) in [6, 6.07) is 1.35. The molecule has 0 aromatic carbocycles. The fraction of sp³-hybridized carbons (Fsp3) is 0.538. The van der Waals surface area contributed by atoms with Crippen LogP contribution in [0.1, 0.15) is 36.0 Å². The quantitative estimate of drug-likeness (QED) is 0.823. The third-order valence-electron chi connectivity index (χ3n) is 3.41. The van der Waals surface area contributed by atoms with Crippen LogP contribution in [0.5, 0.6) is 0 Å². The van der Waals surface area contributed by atoms with Crippen LogP contribution < -0.4 is 10.7 Å². The second-order valence-corrected chi connectivity index (χ2v) is 5.25. The van der Waals surface area contributed by atoms with Crippen molar-refractivity contribution in [3.05, 3.63) is 34.2 Å². The lowest BCUT2D eigenvalue weighted by atomic mass is 9.88. The van der Waals surface area contributed by atoms with Crippen LogP contribution in [0.3, 0.4) is 0 Å². The fourth-order valence-corrected chi connectivity index (χ4v) is 2.67. The molecule has 1 aliphatic rings. The first-order valence-electron chi connectivity index (χ1n) is 6.28. The van der Waals surface area contributed by atoms with Crippen LogP contribution in [0, 0.1) is 5.92 Å². The van der Waals surface area contributed by atoms with E-state index in [0.29, 0.717) is 12.5 Å². The number of amides is 1. The SMILES string of the molecule is O=C(NCC1CCCCC1Cl)c1c[nH]ccc1=O. The van der Waals surface area contributed by atoms with E-state index < -0.39 is 0 Å². The molecule has 1 amide bonds. The smallest absolute Gasteiger partial charge is 0.256 e. The van der Waals surface area contributed by atoms with Gasteiger partial charge in [-0.05, 0) is 18.8 Å². The standard InChI is InChI=1S/C13H17ClN2O2/c14-11-4-2-1-3-9(11)7-16-13(18)10-8-15-6-5-12(10)17/h5-6,8-9,11H,1-4,7H2,(H,15,17)(H,16,18). The number of rotatable bonds is 3. The zero-order valence-corrected chi connectivity index (χ0v) is 10.9. The Kier molecular flexibility index (Phi) is 4.42. The first-order chi connectivity index (χ1) is 8.68. The molecule has 0 aliphatic heterocycles. The zero-order chi connectivity index (χ0) is 13.0. The van der Waals surface area contributed by atoms with E-state index in [1.807, 2.05) is 0 Å². The molecule has 2 unspecified atom stereocenters. The average Bonchev–Trinajstić information content (AvgIpc) is 2.38. The summed E-state index contributed by atoms with van der Waals surface area (Å²) in [5.74, 6) is -0.0153. The molecule has 4 nitrogen and oxygen atoms in total. The highest BCUT2D eigenvalue weighted by atomic mass is 35.5. The number of halogens is 1. The zero-order valence-electron chi connectivity index (χ0n) is 10.1. The molecule has 1 heterocycles.